The summed E-state index contributed by atoms with van der Waals surface area (Å²) in [5, 5.41) is 23.4. The number of carbonyl (C=O) groups is 5. The Bertz CT molecular complexity index is 927. The topological polar surface area (TPSA) is 166 Å². The predicted molar refractivity (Wildman–Crippen MR) is 158 cm³/mol. The summed E-state index contributed by atoms with van der Waals surface area (Å²) >= 11 is 0. The quantitative estimate of drug-likeness (QED) is 0.109. The van der Waals surface area contributed by atoms with Crippen LogP contribution in [0, 0.1) is 0 Å². The normalized spacial score (nSPS) is 12.1. The van der Waals surface area contributed by atoms with E-state index in [4.69, 9.17) is 0 Å². The van der Waals surface area contributed by atoms with Gasteiger partial charge in [0.15, 0.2) is 0 Å². The third kappa shape index (κ3) is 17.8. The molecule has 0 radical (unpaired) electrons. The van der Waals surface area contributed by atoms with Gasteiger partial charge in [0.1, 0.15) is 12.1 Å². The van der Waals surface area contributed by atoms with E-state index in [0.717, 1.165) is 50.6 Å². The Morgan fingerprint density at radius 2 is 1.34 bits per heavy atom. The number of likely N-dealkylation sites (N-methyl/N-ethyl adjacent to an activating group) is 1. The van der Waals surface area contributed by atoms with Crippen molar-refractivity contribution in [2.24, 2.45) is 0 Å². The van der Waals surface area contributed by atoms with Crippen LogP contribution in [-0.4, -0.2) is 73.5 Å². The van der Waals surface area contributed by atoms with Crippen LogP contribution in [0.4, 0.5) is 0 Å². The predicted octanol–water partition coefficient (Wildman–Crippen LogP) is 2.05. The summed E-state index contributed by atoms with van der Waals surface area (Å²) in [5.74, 6) is -2.04. The summed E-state index contributed by atoms with van der Waals surface area (Å²) in [5.41, 5.74) is 0.838. The summed E-state index contributed by atoms with van der Waals surface area (Å²) in [7, 11) is 1.62. The molecular weight excluding hydrogens is 526 g/mol. The molecule has 41 heavy (non-hydrogen) atoms. The molecule has 1 aromatic carbocycles. The second-order valence-corrected chi connectivity index (χ2v) is 10.2. The third-order valence-electron chi connectivity index (χ3n) is 6.54. The van der Waals surface area contributed by atoms with E-state index in [1.165, 1.54) is 0 Å². The number of benzene rings is 1. The van der Waals surface area contributed by atoms with E-state index in [-0.39, 0.29) is 37.1 Å². The fraction of sp³-hybridized carbons (Fsp3) is 0.633. The Kier molecular flexibility index (Phi) is 19.3. The van der Waals surface area contributed by atoms with Gasteiger partial charge in [-0.15, -0.1) is 0 Å². The Balaban J connectivity index is 2.32. The molecule has 0 aliphatic heterocycles. The summed E-state index contributed by atoms with van der Waals surface area (Å²) in [4.78, 5) is 60.6. The monoisotopic (exact) mass is 575 g/mol. The Morgan fingerprint density at radius 1 is 0.732 bits per heavy atom. The molecule has 0 saturated carbocycles. The largest absolute Gasteiger partial charge is 0.480 e. The summed E-state index contributed by atoms with van der Waals surface area (Å²) in [6, 6.07) is 7.16. The fourth-order valence-corrected chi connectivity index (χ4v) is 4.20. The first-order chi connectivity index (χ1) is 19.8. The van der Waals surface area contributed by atoms with Crippen molar-refractivity contribution >= 4 is 29.6 Å². The van der Waals surface area contributed by atoms with E-state index in [0.29, 0.717) is 32.2 Å². The van der Waals surface area contributed by atoms with Crippen LogP contribution in [0.25, 0.3) is 0 Å². The van der Waals surface area contributed by atoms with E-state index in [1.807, 2.05) is 30.3 Å². The molecule has 11 heteroatoms. The Hall–Kier alpha value is -3.47. The van der Waals surface area contributed by atoms with Crippen LogP contribution in [0.15, 0.2) is 30.3 Å². The van der Waals surface area contributed by atoms with E-state index >= 15 is 0 Å². The van der Waals surface area contributed by atoms with Gasteiger partial charge in [-0.3, -0.25) is 19.2 Å². The zero-order valence-corrected chi connectivity index (χ0v) is 24.6. The minimum atomic E-state index is -1.15. The van der Waals surface area contributed by atoms with Gasteiger partial charge in [0, 0.05) is 32.4 Å². The highest BCUT2D eigenvalue weighted by molar-refractivity contribution is 5.91. The summed E-state index contributed by atoms with van der Waals surface area (Å²) in [6.07, 6.45) is 7.84. The fourth-order valence-electron chi connectivity index (χ4n) is 4.20. The molecule has 2 atom stereocenters. The smallest absolute Gasteiger partial charge is 0.326 e. The number of amides is 4. The van der Waals surface area contributed by atoms with Crippen molar-refractivity contribution in [1.29, 1.82) is 0 Å². The first kappa shape index (κ1) is 35.6. The molecule has 0 aliphatic carbocycles. The number of carbonyl (C=O) groups excluding carboxylic acids is 4. The van der Waals surface area contributed by atoms with Crippen molar-refractivity contribution in [3.05, 3.63) is 35.9 Å². The highest BCUT2D eigenvalue weighted by atomic mass is 16.4. The molecule has 0 aromatic heterocycles. The van der Waals surface area contributed by atoms with Crippen LogP contribution in [0.1, 0.15) is 83.1 Å². The lowest BCUT2D eigenvalue weighted by molar-refractivity contribution is -0.142. The van der Waals surface area contributed by atoms with Gasteiger partial charge in [0.05, 0.1) is 6.54 Å². The molecule has 0 aliphatic rings. The lowest BCUT2D eigenvalue weighted by atomic mass is 10.0. The first-order valence-corrected chi connectivity index (χ1v) is 14.8. The van der Waals surface area contributed by atoms with Crippen molar-refractivity contribution in [1.82, 2.24) is 26.6 Å². The number of nitrogens with one attached hydrogen (secondary N) is 5. The van der Waals surface area contributed by atoms with Crippen molar-refractivity contribution in [2.75, 3.05) is 26.7 Å². The van der Waals surface area contributed by atoms with Crippen molar-refractivity contribution in [3.63, 3.8) is 0 Å². The number of rotatable bonds is 23. The molecule has 0 saturated heterocycles. The zero-order chi connectivity index (χ0) is 30.3. The molecule has 0 heterocycles. The first-order valence-electron chi connectivity index (χ1n) is 14.8. The van der Waals surface area contributed by atoms with Crippen LogP contribution >= 0.6 is 0 Å². The second kappa shape index (κ2) is 22.2. The SMILES string of the molecule is CCCCNC(=O)CCCCCCC(=O)NCCCCC(NC(=O)C(Cc1ccccc1)NC(=O)CNC)C(=O)O. The molecule has 0 spiro atoms. The number of aliphatic carboxylic acids is 1. The maximum absolute atomic E-state index is 12.9. The van der Waals surface area contributed by atoms with Crippen molar-refractivity contribution in [2.45, 2.75) is 96.1 Å². The standard InChI is InChI=1S/C30H49N5O6/c1-3-4-19-32-26(36)17-10-5-6-11-18-27(37)33-20-13-12-16-24(30(40)41)35-29(39)25(34-28(38)22-31-2)21-23-14-8-7-9-15-23/h7-9,14-15,24-25,31H,3-6,10-13,16-22H2,1-2H3,(H,32,36)(H,33,37)(H,34,38)(H,35,39)(H,40,41). The minimum absolute atomic E-state index is 0.0323. The van der Waals surface area contributed by atoms with Gasteiger partial charge in [0.2, 0.25) is 23.6 Å². The average molecular weight is 576 g/mol. The number of hydrogen-bond donors (Lipinski definition) is 6. The second-order valence-electron chi connectivity index (χ2n) is 10.2. The van der Waals surface area contributed by atoms with Crippen LogP contribution in [-0.2, 0) is 30.4 Å². The molecule has 6 N–H and O–H groups in total. The maximum atomic E-state index is 12.9. The van der Waals surface area contributed by atoms with Crippen LogP contribution < -0.4 is 26.6 Å². The molecule has 2 unspecified atom stereocenters. The molecule has 1 rings (SSSR count). The maximum Gasteiger partial charge on any atom is 0.326 e. The van der Waals surface area contributed by atoms with Gasteiger partial charge >= 0.3 is 5.97 Å². The number of carboxylic acids is 1. The van der Waals surface area contributed by atoms with Gasteiger partial charge < -0.3 is 31.7 Å². The molecular formula is C30H49N5O6. The summed E-state index contributed by atoms with van der Waals surface area (Å²) in [6.45, 7) is 3.27. The van der Waals surface area contributed by atoms with Gasteiger partial charge in [-0.1, -0.05) is 56.5 Å². The molecule has 0 bridgehead atoms. The molecule has 11 nitrogen and oxygen atoms in total. The lowest BCUT2D eigenvalue weighted by Gasteiger charge is -2.22. The van der Waals surface area contributed by atoms with E-state index in [9.17, 15) is 29.1 Å². The highest BCUT2D eigenvalue weighted by Crippen LogP contribution is 2.08. The summed E-state index contributed by atoms with van der Waals surface area (Å²) < 4.78 is 0. The molecule has 0 fully saturated rings. The van der Waals surface area contributed by atoms with Crippen LogP contribution in [0.5, 0.6) is 0 Å². The third-order valence-corrected chi connectivity index (χ3v) is 6.54. The van der Waals surface area contributed by atoms with E-state index < -0.39 is 24.0 Å². The average Bonchev–Trinajstić information content (AvgIpc) is 2.94. The van der Waals surface area contributed by atoms with Crippen LogP contribution in [0.3, 0.4) is 0 Å². The zero-order valence-electron chi connectivity index (χ0n) is 24.6. The van der Waals surface area contributed by atoms with Gasteiger partial charge in [-0.25, -0.2) is 4.79 Å². The van der Waals surface area contributed by atoms with Gasteiger partial charge in [0.25, 0.3) is 0 Å². The van der Waals surface area contributed by atoms with Crippen LogP contribution in [0.2, 0.25) is 0 Å². The Morgan fingerprint density at radius 3 is 1.90 bits per heavy atom. The number of unbranched alkanes of at least 4 members (excludes halogenated alkanes) is 5. The van der Waals surface area contributed by atoms with Gasteiger partial charge in [-0.2, -0.15) is 0 Å². The molecule has 4 amide bonds. The van der Waals surface area contributed by atoms with E-state index in [1.54, 1.807) is 7.05 Å². The molecule has 1 aromatic rings. The highest BCUT2D eigenvalue weighted by Gasteiger charge is 2.26. The lowest BCUT2D eigenvalue weighted by Crippen LogP contribution is -2.53. The number of hydrogen-bond acceptors (Lipinski definition) is 6. The Labute approximate surface area is 244 Å². The number of carboxylic acid groups (broad SMARTS) is 1. The minimum Gasteiger partial charge on any atom is -0.480 e. The molecule has 230 valence electrons. The van der Waals surface area contributed by atoms with Crippen molar-refractivity contribution in [3.8, 4) is 0 Å². The van der Waals surface area contributed by atoms with E-state index in [2.05, 4.69) is 33.5 Å². The van der Waals surface area contributed by atoms with Crippen molar-refractivity contribution < 1.29 is 29.1 Å². The van der Waals surface area contributed by atoms with Gasteiger partial charge in [-0.05, 0) is 51.1 Å².